The van der Waals surface area contributed by atoms with Crippen LogP contribution in [0, 0.1) is 16.0 Å². The average molecular weight is 269 g/mol. The summed E-state index contributed by atoms with van der Waals surface area (Å²) in [5, 5.41) is 14.7. The van der Waals surface area contributed by atoms with Gasteiger partial charge in [0.15, 0.2) is 0 Å². The molecule has 1 aromatic carbocycles. The van der Waals surface area contributed by atoms with Crippen LogP contribution in [0.4, 0.5) is 11.4 Å². The third-order valence-corrected chi connectivity index (χ3v) is 3.79. The van der Waals surface area contributed by atoms with Crippen LogP contribution in [0.1, 0.15) is 32.6 Å². The Balaban J connectivity index is 2.20. The fourth-order valence-corrected chi connectivity index (χ4v) is 2.80. The number of nitro groups is 1. The number of benzene rings is 1. The van der Waals surface area contributed by atoms with Crippen molar-refractivity contribution in [1.29, 1.82) is 0 Å². The van der Waals surface area contributed by atoms with E-state index in [1.165, 1.54) is 12.5 Å². The van der Waals surface area contributed by atoms with Crippen molar-refractivity contribution in [2.45, 2.75) is 38.6 Å². The molecule has 5 heteroatoms. The van der Waals surface area contributed by atoms with E-state index in [-0.39, 0.29) is 16.7 Å². The molecule has 1 aliphatic rings. The average Bonchev–Trinajstić information content (AvgIpc) is 2.31. The standard InChI is InChI=1S/C13H17ClN2O2/c1-9-4-2-5-10(8-9)15-13-11(14)6-3-7-12(13)16(17)18/h3,6-7,9-10,15H,2,4-5,8H2,1H3. The van der Waals surface area contributed by atoms with Gasteiger partial charge >= 0.3 is 0 Å². The van der Waals surface area contributed by atoms with Gasteiger partial charge < -0.3 is 5.32 Å². The zero-order valence-electron chi connectivity index (χ0n) is 10.4. The van der Waals surface area contributed by atoms with E-state index in [2.05, 4.69) is 12.2 Å². The monoisotopic (exact) mass is 268 g/mol. The van der Waals surface area contributed by atoms with Crippen LogP contribution < -0.4 is 5.32 Å². The minimum absolute atomic E-state index is 0.0562. The number of nitrogens with one attached hydrogen (secondary N) is 1. The van der Waals surface area contributed by atoms with Crippen LogP contribution in [0.3, 0.4) is 0 Å². The molecule has 2 atom stereocenters. The van der Waals surface area contributed by atoms with E-state index in [9.17, 15) is 10.1 Å². The van der Waals surface area contributed by atoms with Gasteiger partial charge in [-0.3, -0.25) is 10.1 Å². The molecule has 98 valence electrons. The van der Waals surface area contributed by atoms with Crippen LogP contribution in [0.15, 0.2) is 18.2 Å². The predicted octanol–water partition coefficient (Wildman–Crippen LogP) is 4.24. The SMILES string of the molecule is CC1CCCC(Nc2c(Cl)cccc2[N+](=O)[O-])C1. The van der Waals surface area contributed by atoms with E-state index in [0.29, 0.717) is 16.6 Å². The Hall–Kier alpha value is -1.29. The van der Waals surface area contributed by atoms with Gasteiger partial charge in [0.1, 0.15) is 5.69 Å². The third kappa shape index (κ3) is 2.93. The highest BCUT2D eigenvalue weighted by molar-refractivity contribution is 6.33. The number of para-hydroxylation sites is 1. The van der Waals surface area contributed by atoms with E-state index >= 15 is 0 Å². The molecule has 0 amide bonds. The quantitative estimate of drug-likeness (QED) is 0.659. The van der Waals surface area contributed by atoms with E-state index in [1.54, 1.807) is 12.1 Å². The summed E-state index contributed by atoms with van der Waals surface area (Å²) in [6.45, 7) is 2.22. The Labute approximate surface area is 111 Å². The largest absolute Gasteiger partial charge is 0.376 e. The summed E-state index contributed by atoms with van der Waals surface area (Å²) in [5.41, 5.74) is 0.518. The summed E-state index contributed by atoms with van der Waals surface area (Å²) in [7, 11) is 0. The van der Waals surface area contributed by atoms with E-state index in [4.69, 9.17) is 11.6 Å². The minimum atomic E-state index is -0.388. The van der Waals surface area contributed by atoms with Crippen LogP contribution >= 0.6 is 11.6 Å². The van der Waals surface area contributed by atoms with Crippen LogP contribution in [0.5, 0.6) is 0 Å². The number of hydrogen-bond donors (Lipinski definition) is 1. The molecule has 0 spiro atoms. The molecule has 0 aromatic heterocycles. The molecule has 1 saturated carbocycles. The van der Waals surface area contributed by atoms with Crippen molar-refractivity contribution in [3.63, 3.8) is 0 Å². The number of nitrogens with zero attached hydrogens (tertiary/aromatic N) is 1. The number of rotatable bonds is 3. The summed E-state index contributed by atoms with van der Waals surface area (Å²) in [4.78, 5) is 10.6. The first-order valence-corrected chi connectivity index (χ1v) is 6.65. The highest BCUT2D eigenvalue weighted by Gasteiger charge is 2.23. The second-order valence-corrected chi connectivity index (χ2v) is 5.41. The molecular weight excluding hydrogens is 252 g/mol. The number of hydrogen-bond acceptors (Lipinski definition) is 3. The first-order chi connectivity index (χ1) is 8.58. The van der Waals surface area contributed by atoms with Gasteiger partial charge in [-0.05, 0) is 24.8 Å². The first kappa shape index (κ1) is 13.1. The van der Waals surface area contributed by atoms with Gasteiger partial charge in [-0.25, -0.2) is 0 Å². The fourth-order valence-electron chi connectivity index (χ4n) is 2.58. The Bertz CT molecular complexity index is 451. The van der Waals surface area contributed by atoms with Gasteiger partial charge in [0, 0.05) is 12.1 Å². The van der Waals surface area contributed by atoms with Gasteiger partial charge in [0.2, 0.25) is 0 Å². The second kappa shape index (κ2) is 5.57. The normalized spacial score (nSPS) is 23.7. The van der Waals surface area contributed by atoms with Crippen molar-refractivity contribution in [3.05, 3.63) is 33.3 Å². The highest BCUT2D eigenvalue weighted by Crippen LogP contribution is 2.35. The van der Waals surface area contributed by atoms with Crippen LogP contribution in [0.25, 0.3) is 0 Å². The summed E-state index contributed by atoms with van der Waals surface area (Å²) < 4.78 is 0. The molecule has 1 aromatic rings. The molecule has 0 aliphatic heterocycles. The van der Waals surface area contributed by atoms with Gasteiger partial charge in [0.25, 0.3) is 5.69 Å². The topological polar surface area (TPSA) is 55.2 Å². The minimum Gasteiger partial charge on any atom is -0.376 e. The Morgan fingerprint density at radius 3 is 2.89 bits per heavy atom. The zero-order chi connectivity index (χ0) is 13.1. The number of nitro benzene ring substituents is 1. The number of halogens is 1. The molecule has 18 heavy (non-hydrogen) atoms. The molecular formula is C13H17ClN2O2. The maximum Gasteiger partial charge on any atom is 0.293 e. The van der Waals surface area contributed by atoms with Crippen molar-refractivity contribution in [3.8, 4) is 0 Å². The first-order valence-electron chi connectivity index (χ1n) is 6.27. The maximum absolute atomic E-state index is 11.0. The van der Waals surface area contributed by atoms with Crippen LogP contribution in [0.2, 0.25) is 5.02 Å². The summed E-state index contributed by atoms with van der Waals surface area (Å²) in [6, 6.07) is 5.06. The Morgan fingerprint density at radius 2 is 2.22 bits per heavy atom. The van der Waals surface area contributed by atoms with Crippen molar-refractivity contribution >= 4 is 23.0 Å². The fraction of sp³-hybridized carbons (Fsp3) is 0.538. The second-order valence-electron chi connectivity index (χ2n) is 5.00. The van der Waals surface area contributed by atoms with E-state index in [0.717, 1.165) is 19.3 Å². The lowest BCUT2D eigenvalue weighted by atomic mass is 9.87. The number of anilines is 1. The van der Waals surface area contributed by atoms with Gasteiger partial charge in [-0.2, -0.15) is 0 Å². The Kier molecular flexibility index (Phi) is 4.07. The molecule has 4 nitrogen and oxygen atoms in total. The molecule has 0 bridgehead atoms. The van der Waals surface area contributed by atoms with E-state index in [1.807, 2.05) is 0 Å². The molecule has 1 fully saturated rings. The zero-order valence-corrected chi connectivity index (χ0v) is 11.1. The molecule has 1 aliphatic carbocycles. The lowest BCUT2D eigenvalue weighted by Crippen LogP contribution is -2.26. The van der Waals surface area contributed by atoms with Crippen molar-refractivity contribution in [1.82, 2.24) is 0 Å². The smallest absolute Gasteiger partial charge is 0.293 e. The summed E-state index contributed by atoms with van der Waals surface area (Å²) >= 11 is 6.06. The third-order valence-electron chi connectivity index (χ3n) is 3.47. The van der Waals surface area contributed by atoms with E-state index < -0.39 is 0 Å². The highest BCUT2D eigenvalue weighted by atomic mass is 35.5. The lowest BCUT2D eigenvalue weighted by Gasteiger charge is -2.28. The molecule has 2 rings (SSSR count). The Morgan fingerprint density at radius 1 is 1.44 bits per heavy atom. The maximum atomic E-state index is 11.0. The van der Waals surface area contributed by atoms with Crippen molar-refractivity contribution in [2.75, 3.05) is 5.32 Å². The predicted molar refractivity (Wildman–Crippen MR) is 73.1 cm³/mol. The lowest BCUT2D eigenvalue weighted by molar-refractivity contribution is -0.384. The summed E-state index contributed by atoms with van der Waals surface area (Å²) in [5.74, 6) is 0.665. The van der Waals surface area contributed by atoms with Crippen molar-refractivity contribution < 1.29 is 4.92 Å². The molecule has 0 saturated heterocycles. The van der Waals surface area contributed by atoms with Crippen molar-refractivity contribution in [2.24, 2.45) is 5.92 Å². The summed E-state index contributed by atoms with van der Waals surface area (Å²) in [6.07, 6.45) is 4.50. The molecule has 1 N–H and O–H groups in total. The molecule has 0 heterocycles. The van der Waals surface area contributed by atoms with Gasteiger partial charge in [-0.1, -0.05) is 37.4 Å². The molecule has 2 unspecified atom stereocenters. The molecule has 0 radical (unpaired) electrons. The van der Waals surface area contributed by atoms with Gasteiger partial charge in [0.05, 0.1) is 9.95 Å². The van der Waals surface area contributed by atoms with Crippen LogP contribution in [-0.4, -0.2) is 11.0 Å². The van der Waals surface area contributed by atoms with Crippen LogP contribution in [-0.2, 0) is 0 Å². The van der Waals surface area contributed by atoms with Gasteiger partial charge in [-0.15, -0.1) is 0 Å².